The van der Waals surface area contributed by atoms with E-state index in [1.165, 1.54) is 32.5 Å². The van der Waals surface area contributed by atoms with Crippen LogP contribution < -0.4 is 10.6 Å². The van der Waals surface area contributed by atoms with Crippen molar-refractivity contribution < 1.29 is 9.90 Å². The molecule has 2 fully saturated rings. The Morgan fingerprint density at radius 3 is 2.43 bits per heavy atom. The van der Waals surface area contributed by atoms with Crippen LogP contribution in [0.4, 0.5) is 4.79 Å². The van der Waals surface area contributed by atoms with Gasteiger partial charge in [-0.05, 0) is 82.8 Å². The second kappa shape index (κ2) is 10.1. The van der Waals surface area contributed by atoms with E-state index in [4.69, 9.17) is 5.11 Å². The van der Waals surface area contributed by atoms with Crippen molar-refractivity contribution in [3.63, 3.8) is 0 Å². The van der Waals surface area contributed by atoms with Crippen LogP contribution in [0.2, 0.25) is 0 Å². The number of urea groups is 1. The van der Waals surface area contributed by atoms with Crippen LogP contribution in [0, 0.1) is 11.8 Å². The summed E-state index contributed by atoms with van der Waals surface area (Å²) in [5, 5.41) is 15.2. The van der Waals surface area contributed by atoms with Gasteiger partial charge in [0, 0.05) is 19.2 Å². The van der Waals surface area contributed by atoms with Crippen molar-refractivity contribution in [3.05, 3.63) is 0 Å². The van der Waals surface area contributed by atoms with E-state index in [-0.39, 0.29) is 18.7 Å². The van der Waals surface area contributed by atoms with Gasteiger partial charge in [0.15, 0.2) is 0 Å². The van der Waals surface area contributed by atoms with Gasteiger partial charge in [0.2, 0.25) is 0 Å². The lowest BCUT2D eigenvalue weighted by Crippen LogP contribution is -2.44. The maximum atomic E-state index is 11.9. The number of aliphatic hydroxyl groups is 1. The van der Waals surface area contributed by atoms with Crippen molar-refractivity contribution in [2.75, 3.05) is 32.8 Å². The van der Waals surface area contributed by atoms with Crippen LogP contribution >= 0.6 is 0 Å². The first-order chi connectivity index (χ1) is 11.2. The quantitative estimate of drug-likeness (QED) is 0.630. The zero-order valence-electron chi connectivity index (χ0n) is 14.7. The van der Waals surface area contributed by atoms with Crippen molar-refractivity contribution in [2.24, 2.45) is 11.8 Å². The van der Waals surface area contributed by atoms with E-state index in [0.717, 1.165) is 51.0 Å². The Labute approximate surface area is 141 Å². The molecule has 5 nitrogen and oxygen atoms in total. The number of unbranched alkanes of at least 4 members (excludes halogenated alkanes) is 1. The van der Waals surface area contributed by atoms with E-state index in [1.54, 1.807) is 0 Å². The molecule has 1 saturated carbocycles. The molecular formula is C18H35N3O2. The third kappa shape index (κ3) is 7.08. The third-order valence-electron chi connectivity index (χ3n) is 5.50. The van der Waals surface area contributed by atoms with Gasteiger partial charge in [-0.3, -0.25) is 0 Å². The van der Waals surface area contributed by atoms with Crippen molar-refractivity contribution >= 4 is 6.03 Å². The summed E-state index contributed by atoms with van der Waals surface area (Å²) in [5.41, 5.74) is 0. The van der Waals surface area contributed by atoms with Crippen LogP contribution in [0.5, 0.6) is 0 Å². The smallest absolute Gasteiger partial charge is 0.315 e. The Morgan fingerprint density at radius 2 is 1.78 bits per heavy atom. The largest absolute Gasteiger partial charge is 0.396 e. The molecule has 1 aliphatic carbocycles. The monoisotopic (exact) mass is 325 g/mol. The van der Waals surface area contributed by atoms with E-state index >= 15 is 0 Å². The van der Waals surface area contributed by atoms with E-state index in [1.807, 2.05) is 0 Å². The summed E-state index contributed by atoms with van der Waals surface area (Å²) in [6.45, 7) is 7.05. The van der Waals surface area contributed by atoms with Gasteiger partial charge in [0.05, 0.1) is 0 Å². The van der Waals surface area contributed by atoms with Crippen molar-refractivity contribution in [2.45, 2.75) is 64.3 Å². The number of nitrogens with one attached hydrogen (secondary N) is 2. The molecule has 0 aromatic heterocycles. The topological polar surface area (TPSA) is 64.6 Å². The Hall–Kier alpha value is -0.810. The molecule has 5 heteroatoms. The van der Waals surface area contributed by atoms with Crippen molar-refractivity contribution in [1.29, 1.82) is 0 Å². The minimum absolute atomic E-state index is 0.0238. The van der Waals surface area contributed by atoms with E-state index in [2.05, 4.69) is 22.5 Å². The lowest BCUT2D eigenvalue weighted by molar-refractivity contribution is 0.174. The van der Waals surface area contributed by atoms with E-state index in [9.17, 15) is 4.79 Å². The van der Waals surface area contributed by atoms with Crippen molar-refractivity contribution in [1.82, 2.24) is 15.5 Å². The molecule has 23 heavy (non-hydrogen) atoms. The zero-order valence-corrected chi connectivity index (χ0v) is 14.7. The summed E-state index contributed by atoms with van der Waals surface area (Å²) < 4.78 is 0. The summed E-state index contributed by atoms with van der Waals surface area (Å²) in [5.74, 6) is 1.33. The average Bonchev–Trinajstić information content (AvgIpc) is 2.57. The van der Waals surface area contributed by atoms with E-state index in [0.29, 0.717) is 5.92 Å². The molecule has 134 valence electrons. The van der Waals surface area contributed by atoms with Gasteiger partial charge in [0.25, 0.3) is 0 Å². The number of carbonyl (C=O) groups excluding carboxylic acids is 1. The predicted octanol–water partition coefficient (Wildman–Crippen LogP) is 2.35. The standard InChI is InChI=1S/C18H35N3O2/c1-15-8-12-21(13-9-15)11-3-2-10-19-18(23)20-17-6-4-16(14-22)5-7-17/h15-17,22H,2-14H2,1H3,(H2,19,20,23). The van der Waals surface area contributed by atoms with Gasteiger partial charge in [-0.2, -0.15) is 0 Å². The molecule has 1 heterocycles. The SMILES string of the molecule is CC1CCN(CCCCNC(=O)NC2CCC(CO)CC2)CC1. The maximum absolute atomic E-state index is 11.9. The second-order valence-corrected chi connectivity index (χ2v) is 7.53. The Bertz CT molecular complexity index is 335. The van der Waals surface area contributed by atoms with Gasteiger partial charge in [-0.25, -0.2) is 4.79 Å². The lowest BCUT2D eigenvalue weighted by Gasteiger charge is -2.30. The molecule has 3 N–H and O–H groups in total. The van der Waals surface area contributed by atoms with Crippen LogP contribution in [-0.4, -0.2) is 54.9 Å². The summed E-state index contributed by atoms with van der Waals surface area (Å²) >= 11 is 0. The molecule has 2 aliphatic rings. The van der Waals surface area contributed by atoms with Crippen molar-refractivity contribution in [3.8, 4) is 0 Å². The van der Waals surface area contributed by atoms with E-state index < -0.39 is 0 Å². The summed E-state index contributed by atoms with van der Waals surface area (Å²) in [6.07, 6.45) is 8.91. The van der Waals surface area contributed by atoms with Gasteiger partial charge in [-0.15, -0.1) is 0 Å². The minimum Gasteiger partial charge on any atom is -0.396 e. The van der Waals surface area contributed by atoms with Gasteiger partial charge in [-0.1, -0.05) is 6.92 Å². The highest BCUT2D eigenvalue weighted by atomic mass is 16.3. The summed E-state index contributed by atoms with van der Waals surface area (Å²) in [7, 11) is 0. The molecule has 1 saturated heterocycles. The molecule has 1 aliphatic heterocycles. The number of likely N-dealkylation sites (tertiary alicyclic amines) is 1. The van der Waals surface area contributed by atoms with Crippen LogP contribution in [0.15, 0.2) is 0 Å². The molecule has 0 unspecified atom stereocenters. The van der Waals surface area contributed by atoms with Gasteiger partial charge < -0.3 is 20.6 Å². The first-order valence-electron chi connectivity index (χ1n) is 9.55. The maximum Gasteiger partial charge on any atom is 0.315 e. The van der Waals surface area contributed by atoms with Gasteiger partial charge >= 0.3 is 6.03 Å². The number of aliphatic hydroxyl groups excluding tert-OH is 1. The normalized spacial score (nSPS) is 26.9. The third-order valence-corrected chi connectivity index (χ3v) is 5.50. The Balaban J connectivity index is 1.45. The molecule has 2 rings (SSSR count). The fourth-order valence-corrected chi connectivity index (χ4v) is 3.67. The highest BCUT2D eigenvalue weighted by Gasteiger charge is 2.21. The number of hydrogen-bond acceptors (Lipinski definition) is 3. The first-order valence-corrected chi connectivity index (χ1v) is 9.55. The molecular weight excluding hydrogens is 290 g/mol. The summed E-state index contributed by atoms with van der Waals surface area (Å²) in [6, 6.07) is 0.261. The second-order valence-electron chi connectivity index (χ2n) is 7.53. The fraction of sp³-hybridized carbons (Fsp3) is 0.944. The number of amides is 2. The lowest BCUT2D eigenvalue weighted by atomic mass is 9.87. The number of nitrogens with zero attached hydrogens (tertiary/aromatic N) is 1. The number of piperidine rings is 1. The highest BCUT2D eigenvalue weighted by molar-refractivity contribution is 5.74. The molecule has 0 aromatic carbocycles. The van der Waals surface area contributed by atoms with Crippen LogP contribution in [-0.2, 0) is 0 Å². The van der Waals surface area contributed by atoms with Crippen LogP contribution in [0.3, 0.4) is 0 Å². The average molecular weight is 325 g/mol. The number of hydrogen-bond donors (Lipinski definition) is 3. The minimum atomic E-state index is -0.0238. The number of carbonyl (C=O) groups is 1. The Morgan fingerprint density at radius 1 is 1.09 bits per heavy atom. The fourth-order valence-electron chi connectivity index (χ4n) is 3.67. The molecule has 0 bridgehead atoms. The highest BCUT2D eigenvalue weighted by Crippen LogP contribution is 2.23. The molecule has 0 radical (unpaired) electrons. The predicted molar refractivity (Wildman–Crippen MR) is 93.4 cm³/mol. The van der Waals surface area contributed by atoms with Crippen LogP contribution in [0.25, 0.3) is 0 Å². The zero-order chi connectivity index (χ0) is 16.5. The molecule has 0 spiro atoms. The molecule has 2 amide bonds. The van der Waals surface area contributed by atoms with Gasteiger partial charge in [0.1, 0.15) is 0 Å². The molecule has 0 aromatic rings. The number of rotatable bonds is 7. The first kappa shape index (κ1) is 18.5. The summed E-state index contributed by atoms with van der Waals surface area (Å²) in [4.78, 5) is 14.4. The van der Waals surface area contributed by atoms with Crippen LogP contribution in [0.1, 0.15) is 58.3 Å². The Kier molecular flexibility index (Phi) is 8.17. The molecule has 0 atom stereocenters.